The van der Waals surface area contributed by atoms with Crippen molar-refractivity contribution in [3.63, 3.8) is 0 Å². The molecular weight excluding hydrogens is 178 g/mol. The number of nitrogens with two attached hydrogens (primary N) is 1. The fourth-order valence-electron chi connectivity index (χ4n) is 0.998. The Kier molecular flexibility index (Phi) is 4.50. The lowest BCUT2D eigenvalue weighted by atomic mass is 10.3. The van der Waals surface area contributed by atoms with Crippen LogP contribution in [0.15, 0.2) is 31.0 Å². The number of nitrogens with one attached hydrogen (secondary N) is 1. The molecule has 0 spiro atoms. The molecule has 0 radical (unpaired) electrons. The molecule has 0 unspecified atom stereocenters. The van der Waals surface area contributed by atoms with Crippen LogP contribution in [-0.4, -0.2) is 11.6 Å². The van der Waals surface area contributed by atoms with Crippen LogP contribution >= 0.6 is 0 Å². The van der Waals surface area contributed by atoms with E-state index in [9.17, 15) is 0 Å². The molecule has 0 bridgehead atoms. The van der Waals surface area contributed by atoms with Gasteiger partial charge >= 0.3 is 0 Å². The molecule has 0 aromatic carbocycles. The van der Waals surface area contributed by atoms with Crippen LogP contribution in [0, 0.1) is 0 Å². The minimum absolute atomic E-state index is 0.603. The lowest BCUT2D eigenvalue weighted by molar-refractivity contribution is 0.312. The normalized spacial score (nSPS) is 9.50. The van der Waals surface area contributed by atoms with E-state index in [1.54, 1.807) is 18.3 Å². The molecule has 76 valence electrons. The molecule has 0 atom stereocenters. The molecular formula is C10H15N3O. The Morgan fingerprint density at radius 3 is 3.21 bits per heavy atom. The van der Waals surface area contributed by atoms with E-state index >= 15 is 0 Å². The van der Waals surface area contributed by atoms with Crippen molar-refractivity contribution in [3.05, 3.63) is 31.0 Å². The van der Waals surface area contributed by atoms with Crippen molar-refractivity contribution >= 4 is 5.82 Å². The summed E-state index contributed by atoms with van der Waals surface area (Å²) in [5.41, 5.74) is 2.46. The van der Waals surface area contributed by atoms with E-state index in [1.165, 1.54) is 0 Å². The number of rotatable bonds is 6. The molecule has 4 heteroatoms. The van der Waals surface area contributed by atoms with Crippen molar-refractivity contribution in [2.75, 3.05) is 12.0 Å². The Bertz CT molecular complexity index is 288. The van der Waals surface area contributed by atoms with Crippen LogP contribution < -0.4 is 16.0 Å². The van der Waals surface area contributed by atoms with Gasteiger partial charge in [-0.25, -0.2) is 10.8 Å². The molecule has 0 saturated heterocycles. The number of nitrogen functional groups attached to an aromatic ring is 1. The highest BCUT2D eigenvalue weighted by atomic mass is 16.5. The van der Waals surface area contributed by atoms with Crippen LogP contribution in [0.3, 0.4) is 0 Å². The highest BCUT2D eigenvalue weighted by Crippen LogP contribution is 2.13. The number of hydrazine groups is 1. The molecule has 0 fully saturated rings. The smallest absolute Gasteiger partial charge is 0.143 e. The third kappa shape index (κ3) is 3.45. The highest BCUT2D eigenvalue weighted by molar-refractivity contribution is 5.39. The lowest BCUT2D eigenvalue weighted by Gasteiger charge is -2.06. The van der Waals surface area contributed by atoms with Gasteiger partial charge in [0.2, 0.25) is 0 Å². The maximum atomic E-state index is 5.47. The molecule has 0 amide bonds. The van der Waals surface area contributed by atoms with Gasteiger partial charge in [0.05, 0.1) is 6.61 Å². The lowest BCUT2D eigenvalue weighted by Crippen LogP contribution is -2.08. The van der Waals surface area contributed by atoms with E-state index in [0.29, 0.717) is 12.4 Å². The maximum Gasteiger partial charge on any atom is 0.143 e. The third-order valence-electron chi connectivity index (χ3n) is 1.70. The first-order valence-electron chi connectivity index (χ1n) is 4.53. The van der Waals surface area contributed by atoms with Crippen molar-refractivity contribution in [1.82, 2.24) is 4.98 Å². The second-order valence-corrected chi connectivity index (χ2v) is 2.80. The van der Waals surface area contributed by atoms with Crippen LogP contribution in [0.5, 0.6) is 5.75 Å². The van der Waals surface area contributed by atoms with Gasteiger partial charge in [-0.05, 0) is 18.9 Å². The first-order chi connectivity index (χ1) is 6.86. The standard InChI is InChI=1S/C10H15N3O/c1-2-3-4-7-14-9-5-6-12-10(8-9)13-11/h2,5-6,8H,1,3-4,7,11H2,(H,12,13). The topological polar surface area (TPSA) is 60.2 Å². The Hall–Kier alpha value is -1.55. The molecule has 0 aliphatic rings. The number of allylic oxidation sites excluding steroid dienone is 1. The minimum Gasteiger partial charge on any atom is -0.493 e. The number of unbranched alkanes of at least 4 members (excludes halogenated alkanes) is 1. The van der Waals surface area contributed by atoms with Gasteiger partial charge in [0.1, 0.15) is 11.6 Å². The number of nitrogens with zero attached hydrogens (tertiary/aromatic N) is 1. The Morgan fingerprint density at radius 2 is 2.50 bits per heavy atom. The van der Waals surface area contributed by atoms with Gasteiger partial charge in [-0.15, -0.1) is 6.58 Å². The molecule has 0 aliphatic heterocycles. The zero-order valence-electron chi connectivity index (χ0n) is 8.07. The summed E-state index contributed by atoms with van der Waals surface area (Å²) in [6.45, 7) is 4.32. The van der Waals surface area contributed by atoms with Crippen LogP contribution in [0.1, 0.15) is 12.8 Å². The number of aromatic nitrogens is 1. The van der Waals surface area contributed by atoms with Crippen LogP contribution in [0.25, 0.3) is 0 Å². The molecule has 3 N–H and O–H groups in total. The molecule has 1 heterocycles. The van der Waals surface area contributed by atoms with Gasteiger partial charge in [0, 0.05) is 12.3 Å². The molecule has 1 rings (SSSR count). The zero-order valence-corrected chi connectivity index (χ0v) is 8.07. The molecule has 1 aromatic rings. The van der Waals surface area contributed by atoms with E-state index in [2.05, 4.69) is 17.0 Å². The molecule has 0 aliphatic carbocycles. The van der Waals surface area contributed by atoms with Gasteiger partial charge in [-0.2, -0.15) is 0 Å². The van der Waals surface area contributed by atoms with E-state index in [1.807, 2.05) is 6.08 Å². The van der Waals surface area contributed by atoms with Gasteiger partial charge < -0.3 is 10.2 Å². The first-order valence-corrected chi connectivity index (χ1v) is 4.53. The monoisotopic (exact) mass is 193 g/mol. The second kappa shape index (κ2) is 5.99. The van der Waals surface area contributed by atoms with Gasteiger partial charge in [-0.3, -0.25) is 0 Å². The SMILES string of the molecule is C=CCCCOc1ccnc(NN)c1. The largest absolute Gasteiger partial charge is 0.493 e. The predicted octanol–water partition coefficient (Wildman–Crippen LogP) is 1.71. The van der Waals surface area contributed by atoms with E-state index in [-0.39, 0.29) is 0 Å². The molecule has 1 aromatic heterocycles. The van der Waals surface area contributed by atoms with Gasteiger partial charge in [0.25, 0.3) is 0 Å². The zero-order chi connectivity index (χ0) is 10.2. The Balaban J connectivity index is 2.38. The summed E-state index contributed by atoms with van der Waals surface area (Å²) in [7, 11) is 0. The predicted molar refractivity (Wildman–Crippen MR) is 57.0 cm³/mol. The summed E-state index contributed by atoms with van der Waals surface area (Å²) in [5, 5.41) is 0. The number of anilines is 1. The van der Waals surface area contributed by atoms with E-state index < -0.39 is 0 Å². The molecule has 0 saturated carbocycles. The van der Waals surface area contributed by atoms with Crippen molar-refractivity contribution in [2.45, 2.75) is 12.8 Å². The third-order valence-corrected chi connectivity index (χ3v) is 1.70. The fraction of sp³-hybridized carbons (Fsp3) is 0.300. The van der Waals surface area contributed by atoms with Crippen molar-refractivity contribution in [3.8, 4) is 5.75 Å². The minimum atomic E-state index is 0.603. The summed E-state index contributed by atoms with van der Waals surface area (Å²) in [6, 6.07) is 3.56. The Labute approximate surface area is 83.8 Å². The number of hydrogen-bond acceptors (Lipinski definition) is 4. The van der Waals surface area contributed by atoms with Crippen molar-refractivity contribution in [2.24, 2.45) is 5.84 Å². The first kappa shape index (κ1) is 10.5. The Morgan fingerprint density at radius 1 is 1.64 bits per heavy atom. The number of hydrogen-bond donors (Lipinski definition) is 2. The maximum absolute atomic E-state index is 5.47. The van der Waals surface area contributed by atoms with Crippen LogP contribution in [0.2, 0.25) is 0 Å². The average molecular weight is 193 g/mol. The summed E-state index contributed by atoms with van der Waals surface area (Å²) in [5.74, 6) is 6.59. The second-order valence-electron chi connectivity index (χ2n) is 2.80. The summed E-state index contributed by atoms with van der Waals surface area (Å²) >= 11 is 0. The van der Waals surface area contributed by atoms with E-state index in [0.717, 1.165) is 18.6 Å². The van der Waals surface area contributed by atoms with Gasteiger partial charge in [-0.1, -0.05) is 6.08 Å². The van der Waals surface area contributed by atoms with Crippen molar-refractivity contribution in [1.29, 1.82) is 0 Å². The molecule has 4 nitrogen and oxygen atoms in total. The average Bonchev–Trinajstić information content (AvgIpc) is 2.25. The van der Waals surface area contributed by atoms with Crippen LogP contribution in [-0.2, 0) is 0 Å². The summed E-state index contributed by atoms with van der Waals surface area (Å²) in [6.07, 6.45) is 5.46. The van der Waals surface area contributed by atoms with Crippen molar-refractivity contribution < 1.29 is 4.74 Å². The van der Waals surface area contributed by atoms with Gasteiger partial charge in [0.15, 0.2) is 0 Å². The molecule has 14 heavy (non-hydrogen) atoms. The summed E-state index contributed by atoms with van der Waals surface area (Å²) < 4.78 is 5.47. The number of ether oxygens (including phenoxy) is 1. The summed E-state index contributed by atoms with van der Waals surface area (Å²) in [4.78, 5) is 3.97. The number of pyridine rings is 1. The van der Waals surface area contributed by atoms with Crippen LogP contribution in [0.4, 0.5) is 5.82 Å². The highest BCUT2D eigenvalue weighted by Gasteiger charge is 1.95. The quantitative estimate of drug-likeness (QED) is 0.312. The fourth-order valence-corrected chi connectivity index (χ4v) is 0.998. The van der Waals surface area contributed by atoms with E-state index in [4.69, 9.17) is 10.6 Å².